The van der Waals surface area contributed by atoms with Crippen molar-refractivity contribution in [1.29, 1.82) is 0 Å². The van der Waals surface area contributed by atoms with Crippen LogP contribution in [0.5, 0.6) is 0 Å². The van der Waals surface area contributed by atoms with Crippen LogP contribution in [0.15, 0.2) is 18.2 Å². The Morgan fingerprint density at radius 2 is 1.95 bits per heavy atom. The van der Waals surface area contributed by atoms with Gasteiger partial charge in [-0.3, -0.25) is 4.79 Å². The smallest absolute Gasteiger partial charge is 0.256 e. The number of hydrogen-bond acceptors (Lipinski definition) is 2. The van der Waals surface area contributed by atoms with E-state index in [0.29, 0.717) is 18.0 Å². The molecule has 1 aliphatic heterocycles. The third-order valence-corrected chi connectivity index (χ3v) is 3.55. The highest BCUT2D eigenvalue weighted by Crippen LogP contribution is 2.35. The highest BCUT2D eigenvalue weighted by Gasteiger charge is 2.36. The summed E-state index contributed by atoms with van der Waals surface area (Å²) in [5.74, 6) is 0.289. The molecule has 1 heterocycles. The molecule has 0 bridgehead atoms. The molecule has 1 amide bonds. The molecule has 3 heteroatoms. The zero-order valence-electron chi connectivity index (χ0n) is 12.4. The molecule has 0 spiro atoms. The standard InChI is InChI=1S/C16H23NO2/c1-10(2)9-17-14(18)12-7-6-11(16(3,4)5)8-13(12)15(17)19/h6-8,10,14,18H,9H2,1-5H3. The van der Waals surface area contributed by atoms with Gasteiger partial charge >= 0.3 is 0 Å². The van der Waals surface area contributed by atoms with E-state index in [0.717, 1.165) is 11.1 Å². The maximum Gasteiger partial charge on any atom is 0.256 e. The summed E-state index contributed by atoms with van der Waals surface area (Å²) in [7, 11) is 0. The van der Waals surface area contributed by atoms with Crippen LogP contribution in [-0.4, -0.2) is 22.5 Å². The van der Waals surface area contributed by atoms with Crippen molar-refractivity contribution in [2.75, 3.05) is 6.54 Å². The van der Waals surface area contributed by atoms with E-state index in [-0.39, 0.29) is 11.3 Å². The lowest BCUT2D eigenvalue weighted by Gasteiger charge is -2.22. The first-order valence-electron chi connectivity index (χ1n) is 6.85. The van der Waals surface area contributed by atoms with Crippen molar-refractivity contribution >= 4 is 5.91 Å². The normalized spacial score (nSPS) is 19.2. The van der Waals surface area contributed by atoms with Gasteiger partial charge in [0, 0.05) is 17.7 Å². The SMILES string of the molecule is CC(C)CN1C(=O)c2cc(C(C)(C)C)ccc2C1O. The minimum Gasteiger partial charge on any atom is -0.369 e. The quantitative estimate of drug-likeness (QED) is 0.888. The van der Waals surface area contributed by atoms with Gasteiger partial charge in [-0.25, -0.2) is 0 Å². The average Bonchev–Trinajstić information content (AvgIpc) is 2.53. The van der Waals surface area contributed by atoms with E-state index in [1.54, 1.807) is 4.90 Å². The Bertz CT molecular complexity index is 500. The number of aliphatic hydroxyl groups excluding tert-OH is 1. The van der Waals surface area contributed by atoms with Crippen molar-refractivity contribution in [2.24, 2.45) is 5.92 Å². The summed E-state index contributed by atoms with van der Waals surface area (Å²) in [5, 5.41) is 10.3. The Morgan fingerprint density at radius 1 is 1.32 bits per heavy atom. The molecule has 1 atom stereocenters. The zero-order chi connectivity index (χ0) is 14.4. The fourth-order valence-electron chi connectivity index (χ4n) is 2.44. The molecule has 104 valence electrons. The molecule has 1 aromatic rings. The summed E-state index contributed by atoms with van der Waals surface area (Å²) < 4.78 is 0. The van der Waals surface area contributed by atoms with Gasteiger partial charge in [0.1, 0.15) is 0 Å². The van der Waals surface area contributed by atoms with Crippen LogP contribution in [0.1, 0.15) is 62.3 Å². The van der Waals surface area contributed by atoms with E-state index in [1.807, 2.05) is 32.0 Å². The lowest BCUT2D eigenvalue weighted by Crippen LogP contribution is -2.31. The highest BCUT2D eigenvalue weighted by atomic mass is 16.3. The zero-order valence-corrected chi connectivity index (χ0v) is 12.4. The Kier molecular flexibility index (Phi) is 3.43. The van der Waals surface area contributed by atoms with Gasteiger partial charge < -0.3 is 10.0 Å². The number of nitrogens with zero attached hydrogens (tertiary/aromatic N) is 1. The van der Waals surface area contributed by atoms with Crippen molar-refractivity contribution in [3.63, 3.8) is 0 Å². The second kappa shape index (κ2) is 4.64. The van der Waals surface area contributed by atoms with Crippen molar-refractivity contribution < 1.29 is 9.90 Å². The number of carbonyl (C=O) groups excluding carboxylic acids is 1. The fraction of sp³-hybridized carbons (Fsp3) is 0.562. The lowest BCUT2D eigenvalue weighted by molar-refractivity contribution is 0.0127. The molecule has 3 nitrogen and oxygen atoms in total. The average molecular weight is 261 g/mol. The molecule has 0 saturated heterocycles. The molecule has 1 aromatic carbocycles. The van der Waals surface area contributed by atoms with Crippen LogP contribution in [-0.2, 0) is 5.41 Å². The predicted molar refractivity (Wildman–Crippen MR) is 76.0 cm³/mol. The number of aliphatic hydroxyl groups is 1. The van der Waals surface area contributed by atoms with Crippen LogP contribution in [0, 0.1) is 5.92 Å². The molecule has 1 N–H and O–H groups in total. The van der Waals surface area contributed by atoms with Gasteiger partial charge in [0.25, 0.3) is 5.91 Å². The molecule has 0 aromatic heterocycles. The van der Waals surface area contributed by atoms with Gasteiger partial charge in [-0.2, -0.15) is 0 Å². The Labute approximate surface area is 115 Å². The highest BCUT2D eigenvalue weighted by molar-refractivity contribution is 5.99. The third-order valence-electron chi connectivity index (χ3n) is 3.55. The van der Waals surface area contributed by atoms with Crippen LogP contribution < -0.4 is 0 Å². The third kappa shape index (κ3) is 2.52. The first-order chi connectivity index (χ1) is 8.71. The summed E-state index contributed by atoms with van der Waals surface area (Å²) in [4.78, 5) is 13.9. The summed E-state index contributed by atoms with van der Waals surface area (Å²) in [6.07, 6.45) is -0.793. The molecule has 1 unspecified atom stereocenters. The monoisotopic (exact) mass is 261 g/mol. The second-order valence-electron chi connectivity index (χ2n) is 6.78. The van der Waals surface area contributed by atoms with Crippen molar-refractivity contribution in [3.05, 3.63) is 34.9 Å². The maximum atomic E-state index is 12.4. The first-order valence-corrected chi connectivity index (χ1v) is 6.85. The minimum absolute atomic E-state index is 0.00568. The summed E-state index contributed by atoms with van der Waals surface area (Å²) in [5.41, 5.74) is 2.52. The molecular weight excluding hydrogens is 238 g/mol. The van der Waals surface area contributed by atoms with Crippen molar-refractivity contribution in [1.82, 2.24) is 4.90 Å². The summed E-state index contributed by atoms with van der Waals surface area (Å²) >= 11 is 0. The van der Waals surface area contributed by atoms with E-state index >= 15 is 0 Å². The summed E-state index contributed by atoms with van der Waals surface area (Å²) in [6.45, 7) is 11.0. The number of amides is 1. The van der Waals surface area contributed by atoms with E-state index in [2.05, 4.69) is 20.8 Å². The number of rotatable bonds is 2. The number of fused-ring (bicyclic) bond motifs is 1. The van der Waals surface area contributed by atoms with Crippen molar-refractivity contribution in [2.45, 2.75) is 46.3 Å². The van der Waals surface area contributed by atoms with Crippen LogP contribution >= 0.6 is 0 Å². The van der Waals surface area contributed by atoms with Gasteiger partial charge in [-0.05, 0) is 23.0 Å². The van der Waals surface area contributed by atoms with Gasteiger partial charge in [-0.15, -0.1) is 0 Å². The lowest BCUT2D eigenvalue weighted by atomic mass is 9.85. The van der Waals surface area contributed by atoms with E-state index < -0.39 is 6.23 Å². The molecule has 0 aliphatic carbocycles. The minimum atomic E-state index is -0.793. The molecule has 0 fully saturated rings. The molecule has 0 radical (unpaired) electrons. The number of benzene rings is 1. The number of carbonyl (C=O) groups is 1. The van der Waals surface area contributed by atoms with E-state index in [1.165, 1.54) is 0 Å². The van der Waals surface area contributed by atoms with Gasteiger partial charge in [-0.1, -0.05) is 46.8 Å². The van der Waals surface area contributed by atoms with Crippen LogP contribution in [0.2, 0.25) is 0 Å². The van der Waals surface area contributed by atoms with E-state index in [4.69, 9.17) is 0 Å². The first kappa shape index (κ1) is 14.1. The molecular formula is C16H23NO2. The van der Waals surface area contributed by atoms with Crippen LogP contribution in [0.25, 0.3) is 0 Å². The van der Waals surface area contributed by atoms with Gasteiger partial charge in [0.15, 0.2) is 6.23 Å². The Morgan fingerprint density at radius 3 is 2.47 bits per heavy atom. The maximum absolute atomic E-state index is 12.4. The topological polar surface area (TPSA) is 40.5 Å². The Balaban J connectivity index is 2.40. The van der Waals surface area contributed by atoms with Gasteiger partial charge in [0.2, 0.25) is 0 Å². The molecule has 19 heavy (non-hydrogen) atoms. The van der Waals surface area contributed by atoms with Crippen LogP contribution in [0.3, 0.4) is 0 Å². The summed E-state index contributed by atoms with van der Waals surface area (Å²) in [6, 6.07) is 5.83. The van der Waals surface area contributed by atoms with Crippen molar-refractivity contribution in [3.8, 4) is 0 Å². The largest absolute Gasteiger partial charge is 0.369 e. The number of hydrogen-bond donors (Lipinski definition) is 1. The molecule has 2 rings (SSSR count). The molecule has 1 aliphatic rings. The molecule has 0 saturated carbocycles. The van der Waals surface area contributed by atoms with E-state index in [9.17, 15) is 9.90 Å². The fourth-order valence-corrected chi connectivity index (χ4v) is 2.44. The van der Waals surface area contributed by atoms with Gasteiger partial charge in [0.05, 0.1) is 0 Å². The van der Waals surface area contributed by atoms with Crippen LogP contribution in [0.4, 0.5) is 0 Å². The predicted octanol–water partition coefficient (Wildman–Crippen LogP) is 3.09. The Hall–Kier alpha value is -1.35. The second-order valence-corrected chi connectivity index (χ2v) is 6.78.